The van der Waals surface area contributed by atoms with Gasteiger partial charge in [-0.1, -0.05) is 23.9 Å². The number of imidazole rings is 1. The van der Waals surface area contributed by atoms with Crippen LogP contribution in [0, 0.1) is 0 Å². The standard InChI is InChI=1S/C28H35N5O8S2/c1-18(15-33-23-6-4-3-5-22(23)30-28(33)42-2)41-24-13-19(29-26(36)16-32-11-9-21(35)10-12-32)7-8-25(24)43(39,40)31-20(17-34)14-27(37)38/h3-8,13,17-18,20-21,31,35H,9-12,14-16H2,1-2H3,(H,29,36)(H,37,38). The third kappa shape index (κ3) is 8.54. The van der Waals surface area contributed by atoms with E-state index in [1.807, 2.05) is 40.0 Å². The van der Waals surface area contributed by atoms with Gasteiger partial charge in [-0.2, -0.15) is 0 Å². The van der Waals surface area contributed by atoms with Crippen molar-refractivity contribution in [2.75, 3.05) is 31.2 Å². The number of aromatic nitrogens is 2. The zero-order valence-electron chi connectivity index (χ0n) is 23.8. The van der Waals surface area contributed by atoms with Crippen LogP contribution in [0.15, 0.2) is 52.5 Å². The van der Waals surface area contributed by atoms with E-state index in [1.165, 1.54) is 30.0 Å². The molecule has 4 N–H and O–H groups in total. The van der Waals surface area contributed by atoms with Gasteiger partial charge in [-0.05, 0) is 50.3 Å². The minimum Gasteiger partial charge on any atom is -0.487 e. The van der Waals surface area contributed by atoms with Gasteiger partial charge in [0, 0.05) is 24.8 Å². The normalized spacial score (nSPS) is 16.1. The summed E-state index contributed by atoms with van der Waals surface area (Å²) in [6, 6.07) is 10.1. The van der Waals surface area contributed by atoms with Crippen molar-refractivity contribution in [2.24, 2.45) is 0 Å². The van der Waals surface area contributed by atoms with Gasteiger partial charge in [-0.15, -0.1) is 0 Å². The van der Waals surface area contributed by atoms with Crippen LogP contribution in [0.1, 0.15) is 26.2 Å². The lowest BCUT2D eigenvalue weighted by Crippen LogP contribution is -2.40. The second-order valence-corrected chi connectivity index (χ2v) is 12.8. The Balaban J connectivity index is 1.60. The third-order valence-electron chi connectivity index (χ3n) is 6.88. The molecule has 43 heavy (non-hydrogen) atoms. The van der Waals surface area contributed by atoms with Crippen molar-refractivity contribution in [3.05, 3.63) is 42.5 Å². The highest BCUT2D eigenvalue weighted by Crippen LogP contribution is 2.30. The lowest BCUT2D eigenvalue weighted by atomic mass is 10.1. The summed E-state index contributed by atoms with van der Waals surface area (Å²) < 4.78 is 36.9. The first kappa shape index (κ1) is 32.4. The number of carboxylic acid groups (broad SMARTS) is 1. The number of hydrogen-bond donors (Lipinski definition) is 4. The second kappa shape index (κ2) is 14.3. The molecule has 2 aromatic carbocycles. The summed E-state index contributed by atoms with van der Waals surface area (Å²) in [5.74, 6) is -1.75. The fourth-order valence-corrected chi connectivity index (χ4v) is 6.71. The lowest BCUT2D eigenvalue weighted by molar-refractivity contribution is -0.138. The Labute approximate surface area is 253 Å². The van der Waals surface area contributed by atoms with Crippen molar-refractivity contribution in [1.29, 1.82) is 0 Å². The minimum atomic E-state index is -4.41. The number of carbonyl (C=O) groups excluding carboxylic acids is 2. The highest BCUT2D eigenvalue weighted by molar-refractivity contribution is 7.98. The minimum absolute atomic E-state index is 0.0889. The van der Waals surface area contributed by atoms with Crippen LogP contribution in [0.5, 0.6) is 5.75 Å². The summed E-state index contributed by atoms with van der Waals surface area (Å²) in [7, 11) is -4.41. The first-order chi connectivity index (χ1) is 20.5. The monoisotopic (exact) mass is 633 g/mol. The number of carboxylic acids is 1. The number of fused-ring (bicyclic) bond motifs is 1. The molecular formula is C28H35N5O8S2. The van der Waals surface area contributed by atoms with Gasteiger partial charge < -0.3 is 29.6 Å². The molecule has 15 heteroatoms. The molecule has 0 aliphatic carbocycles. The first-order valence-electron chi connectivity index (χ1n) is 13.7. The highest BCUT2D eigenvalue weighted by Gasteiger charge is 2.27. The number of nitrogens with one attached hydrogen (secondary N) is 2. The number of rotatable bonds is 14. The van der Waals surface area contributed by atoms with Crippen LogP contribution in [0.2, 0.25) is 0 Å². The molecule has 2 heterocycles. The number of carbonyl (C=O) groups is 3. The summed E-state index contributed by atoms with van der Waals surface area (Å²) in [5, 5.41) is 22.3. The predicted molar refractivity (Wildman–Crippen MR) is 161 cm³/mol. The molecule has 1 saturated heterocycles. The molecule has 0 spiro atoms. The number of likely N-dealkylation sites (tertiary alicyclic amines) is 1. The van der Waals surface area contributed by atoms with E-state index in [1.54, 1.807) is 6.92 Å². The molecular weight excluding hydrogens is 598 g/mol. The average molecular weight is 634 g/mol. The second-order valence-electron chi connectivity index (χ2n) is 10.3. The van der Waals surface area contributed by atoms with Crippen LogP contribution in [-0.2, 0) is 31.0 Å². The van der Waals surface area contributed by atoms with E-state index in [0.717, 1.165) is 16.2 Å². The van der Waals surface area contributed by atoms with E-state index in [0.29, 0.717) is 38.2 Å². The number of aliphatic hydroxyl groups is 1. The fourth-order valence-electron chi connectivity index (χ4n) is 4.85. The maximum Gasteiger partial charge on any atom is 0.305 e. The number of benzene rings is 2. The number of aldehydes is 1. The van der Waals surface area contributed by atoms with Gasteiger partial charge in [-0.25, -0.2) is 18.1 Å². The van der Waals surface area contributed by atoms with E-state index < -0.39 is 34.6 Å². The Hall–Kier alpha value is -3.50. The quantitative estimate of drug-likeness (QED) is 0.151. The Bertz CT molecular complexity index is 1570. The van der Waals surface area contributed by atoms with Crippen LogP contribution in [0.4, 0.5) is 5.69 Å². The predicted octanol–water partition coefficient (Wildman–Crippen LogP) is 1.94. The van der Waals surface area contributed by atoms with Crippen LogP contribution in [0.25, 0.3) is 11.0 Å². The number of sulfonamides is 1. The number of anilines is 1. The molecule has 1 aliphatic heterocycles. The molecule has 1 fully saturated rings. The average Bonchev–Trinajstić information content (AvgIpc) is 3.30. The Kier molecular flexibility index (Phi) is 10.8. The van der Waals surface area contributed by atoms with Crippen molar-refractivity contribution < 1.29 is 37.8 Å². The van der Waals surface area contributed by atoms with Crippen molar-refractivity contribution in [1.82, 2.24) is 19.2 Å². The van der Waals surface area contributed by atoms with Crippen molar-refractivity contribution in [3.8, 4) is 5.75 Å². The largest absolute Gasteiger partial charge is 0.487 e. The van der Waals surface area contributed by atoms with Crippen molar-refractivity contribution >= 4 is 56.7 Å². The summed E-state index contributed by atoms with van der Waals surface area (Å²) in [4.78, 5) is 41.6. The SMILES string of the molecule is CSc1nc2ccccc2n1CC(C)Oc1cc(NC(=O)CN2CCC(O)CC2)ccc1S(=O)(=O)NC(C=O)CC(=O)O. The molecule has 13 nitrogen and oxygen atoms in total. The maximum atomic E-state index is 13.3. The van der Waals surface area contributed by atoms with Gasteiger partial charge in [0.15, 0.2) is 5.16 Å². The van der Waals surface area contributed by atoms with Gasteiger partial charge >= 0.3 is 5.97 Å². The molecule has 4 rings (SSSR count). The summed E-state index contributed by atoms with van der Waals surface area (Å²) in [6.07, 6.45) is 1.60. The van der Waals surface area contributed by atoms with E-state index in [4.69, 9.17) is 9.84 Å². The number of aliphatic hydroxyl groups excluding tert-OH is 1. The molecule has 0 bridgehead atoms. The topological polar surface area (TPSA) is 180 Å². The molecule has 2 unspecified atom stereocenters. The molecule has 1 amide bonds. The van der Waals surface area contributed by atoms with E-state index >= 15 is 0 Å². The number of ether oxygens (including phenoxy) is 1. The lowest BCUT2D eigenvalue weighted by Gasteiger charge is -2.28. The highest BCUT2D eigenvalue weighted by atomic mass is 32.2. The number of amides is 1. The molecule has 3 aromatic rings. The number of nitrogens with zero attached hydrogens (tertiary/aromatic N) is 3. The van der Waals surface area contributed by atoms with Crippen LogP contribution >= 0.6 is 11.8 Å². The molecule has 1 aliphatic rings. The molecule has 0 saturated carbocycles. The number of aliphatic carboxylic acids is 1. The summed E-state index contributed by atoms with van der Waals surface area (Å²) in [6.45, 7) is 3.34. The van der Waals surface area contributed by atoms with E-state index in [9.17, 15) is 27.9 Å². The Morgan fingerprint density at radius 2 is 1.93 bits per heavy atom. The number of piperidine rings is 1. The van der Waals surface area contributed by atoms with Gasteiger partial charge in [0.1, 0.15) is 23.0 Å². The number of hydrogen-bond acceptors (Lipinski definition) is 10. The molecule has 1 aromatic heterocycles. The van der Waals surface area contributed by atoms with Gasteiger partial charge in [0.2, 0.25) is 15.9 Å². The smallest absolute Gasteiger partial charge is 0.305 e. The maximum absolute atomic E-state index is 13.3. The molecule has 0 radical (unpaired) electrons. The van der Waals surface area contributed by atoms with Crippen LogP contribution in [-0.4, -0.2) is 95.4 Å². The van der Waals surface area contributed by atoms with Crippen LogP contribution < -0.4 is 14.8 Å². The van der Waals surface area contributed by atoms with Crippen molar-refractivity contribution in [3.63, 3.8) is 0 Å². The van der Waals surface area contributed by atoms with Gasteiger partial charge in [0.25, 0.3) is 0 Å². The third-order valence-corrected chi connectivity index (χ3v) is 9.08. The number of thioether (sulfide) groups is 1. The Morgan fingerprint density at radius 3 is 2.60 bits per heavy atom. The summed E-state index contributed by atoms with van der Waals surface area (Å²) >= 11 is 1.46. The van der Waals surface area contributed by atoms with Crippen LogP contribution in [0.3, 0.4) is 0 Å². The number of para-hydroxylation sites is 2. The molecule has 232 valence electrons. The summed E-state index contributed by atoms with van der Waals surface area (Å²) in [5.41, 5.74) is 1.97. The van der Waals surface area contributed by atoms with E-state index in [-0.39, 0.29) is 35.5 Å². The van der Waals surface area contributed by atoms with Gasteiger partial charge in [0.05, 0.1) is 42.7 Å². The fraction of sp³-hybridized carbons (Fsp3) is 0.429. The zero-order chi connectivity index (χ0) is 31.1. The zero-order valence-corrected chi connectivity index (χ0v) is 25.4. The Morgan fingerprint density at radius 1 is 1.21 bits per heavy atom. The van der Waals surface area contributed by atoms with Crippen molar-refractivity contribution in [2.45, 2.75) is 61.0 Å². The van der Waals surface area contributed by atoms with E-state index in [2.05, 4.69) is 15.0 Å². The molecule has 2 atom stereocenters. The first-order valence-corrected chi connectivity index (χ1v) is 16.4. The van der Waals surface area contributed by atoms with Gasteiger partial charge in [-0.3, -0.25) is 14.5 Å².